The Kier molecular flexibility index (Phi) is 6.54. The van der Waals surface area contributed by atoms with Crippen LogP contribution in [0.25, 0.3) is 5.65 Å². The van der Waals surface area contributed by atoms with E-state index in [-0.39, 0.29) is 11.9 Å². The minimum absolute atomic E-state index is 0.0164. The molecular weight excluding hydrogens is 386 g/mol. The molecule has 2 aromatic heterocycles. The van der Waals surface area contributed by atoms with E-state index in [4.69, 9.17) is 4.98 Å². The zero-order valence-electron chi connectivity index (χ0n) is 18.8. The number of carbonyl (C=O) groups is 1. The van der Waals surface area contributed by atoms with Crippen LogP contribution in [0.15, 0.2) is 42.6 Å². The van der Waals surface area contributed by atoms with Gasteiger partial charge in [0, 0.05) is 41.4 Å². The molecule has 164 valence electrons. The van der Waals surface area contributed by atoms with Gasteiger partial charge in [-0.3, -0.25) is 4.79 Å². The van der Waals surface area contributed by atoms with Crippen molar-refractivity contribution in [3.8, 4) is 0 Å². The van der Waals surface area contributed by atoms with Crippen LogP contribution in [0.2, 0.25) is 0 Å². The van der Waals surface area contributed by atoms with E-state index in [0.717, 1.165) is 61.2 Å². The second-order valence-electron chi connectivity index (χ2n) is 8.56. The van der Waals surface area contributed by atoms with E-state index in [1.807, 2.05) is 34.8 Å². The summed E-state index contributed by atoms with van der Waals surface area (Å²) < 4.78 is 1.88. The van der Waals surface area contributed by atoms with Gasteiger partial charge in [0.25, 0.3) is 5.91 Å². The number of carbonyl (C=O) groups excluding carboxylic acids is 1. The number of hydrogen-bond acceptors (Lipinski definition) is 4. The molecule has 0 saturated heterocycles. The SMILES string of the molecule is CCc1ccc(C(=O)N[C@H]2CC[C@H](Nc3cc(C(CC)CC)nc4ccnn34)C2)cc1. The number of anilines is 1. The van der Waals surface area contributed by atoms with E-state index in [1.165, 1.54) is 5.56 Å². The van der Waals surface area contributed by atoms with Crippen LogP contribution in [0.3, 0.4) is 0 Å². The average Bonchev–Trinajstić information content (AvgIpc) is 3.44. The minimum atomic E-state index is 0.0164. The predicted octanol–water partition coefficient (Wildman–Crippen LogP) is 4.96. The molecule has 3 aromatic rings. The van der Waals surface area contributed by atoms with Crippen molar-refractivity contribution in [3.63, 3.8) is 0 Å². The lowest BCUT2D eigenvalue weighted by molar-refractivity contribution is 0.0938. The molecule has 0 bridgehead atoms. The molecule has 1 amide bonds. The van der Waals surface area contributed by atoms with Gasteiger partial charge in [0.1, 0.15) is 5.82 Å². The van der Waals surface area contributed by atoms with Crippen molar-refractivity contribution < 1.29 is 4.79 Å². The Labute approximate surface area is 184 Å². The maximum atomic E-state index is 12.6. The minimum Gasteiger partial charge on any atom is -0.367 e. The lowest BCUT2D eigenvalue weighted by Gasteiger charge is -2.19. The highest BCUT2D eigenvalue weighted by molar-refractivity contribution is 5.94. The first-order valence-corrected chi connectivity index (χ1v) is 11.6. The first-order valence-electron chi connectivity index (χ1n) is 11.6. The molecule has 1 saturated carbocycles. The van der Waals surface area contributed by atoms with E-state index < -0.39 is 0 Å². The van der Waals surface area contributed by atoms with Crippen LogP contribution < -0.4 is 10.6 Å². The fourth-order valence-electron chi connectivity index (χ4n) is 4.56. The summed E-state index contributed by atoms with van der Waals surface area (Å²) in [6.07, 6.45) is 7.83. The van der Waals surface area contributed by atoms with Gasteiger partial charge in [-0.25, -0.2) is 4.98 Å². The second kappa shape index (κ2) is 9.50. The number of amides is 1. The van der Waals surface area contributed by atoms with Gasteiger partial charge >= 0.3 is 0 Å². The molecule has 0 unspecified atom stereocenters. The number of rotatable bonds is 8. The molecule has 4 rings (SSSR count). The number of nitrogens with one attached hydrogen (secondary N) is 2. The number of aryl methyl sites for hydroxylation is 1. The van der Waals surface area contributed by atoms with Crippen molar-refractivity contribution in [3.05, 3.63) is 59.4 Å². The van der Waals surface area contributed by atoms with E-state index in [0.29, 0.717) is 12.0 Å². The molecule has 1 fully saturated rings. The summed E-state index contributed by atoms with van der Waals surface area (Å²) in [6, 6.07) is 12.5. The Hall–Kier alpha value is -2.89. The number of nitrogens with zero attached hydrogens (tertiary/aromatic N) is 3. The standard InChI is InChI=1S/C25H33N5O/c1-4-17-7-9-19(10-8-17)25(31)28-21-12-11-20(15-21)27-24-16-22(18(5-2)6-3)29-23-13-14-26-30(23)24/h7-10,13-14,16,18,20-21,27H,4-6,11-12,15H2,1-3H3,(H,28,31)/t20-,21-/m0/s1. The van der Waals surface area contributed by atoms with Crippen molar-refractivity contribution in [2.24, 2.45) is 0 Å². The number of aromatic nitrogens is 3. The van der Waals surface area contributed by atoms with Gasteiger partial charge in [-0.1, -0.05) is 32.9 Å². The Morgan fingerprint density at radius 2 is 1.84 bits per heavy atom. The Morgan fingerprint density at radius 3 is 2.55 bits per heavy atom. The second-order valence-corrected chi connectivity index (χ2v) is 8.56. The number of fused-ring (bicyclic) bond motifs is 1. The maximum absolute atomic E-state index is 12.6. The third-order valence-corrected chi connectivity index (χ3v) is 6.53. The lowest BCUT2D eigenvalue weighted by atomic mass is 9.99. The molecule has 2 heterocycles. The predicted molar refractivity (Wildman–Crippen MR) is 125 cm³/mol. The summed E-state index contributed by atoms with van der Waals surface area (Å²) in [7, 11) is 0. The summed E-state index contributed by atoms with van der Waals surface area (Å²) in [5.74, 6) is 1.46. The highest BCUT2D eigenvalue weighted by Crippen LogP contribution is 2.27. The van der Waals surface area contributed by atoms with Crippen LogP contribution >= 0.6 is 0 Å². The maximum Gasteiger partial charge on any atom is 0.251 e. The molecule has 6 nitrogen and oxygen atoms in total. The summed E-state index contributed by atoms with van der Waals surface area (Å²) in [4.78, 5) is 17.5. The Morgan fingerprint density at radius 1 is 1.10 bits per heavy atom. The van der Waals surface area contributed by atoms with E-state index in [1.54, 1.807) is 6.20 Å². The van der Waals surface area contributed by atoms with Gasteiger partial charge in [-0.15, -0.1) is 0 Å². The normalized spacial score (nSPS) is 18.6. The van der Waals surface area contributed by atoms with E-state index >= 15 is 0 Å². The first kappa shape index (κ1) is 21.3. The molecule has 1 aliphatic carbocycles. The highest BCUT2D eigenvalue weighted by atomic mass is 16.1. The van der Waals surface area contributed by atoms with Gasteiger partial charge in [0.2, 0.25) is 0 Å². The topological polar surface area (TPSA) is 71.3 Å². The summed E-state index contributed by atoms with van der Waals surface area (Å²) in [6.45, 7) is 6.54. The largest absolute Gasteiger partial charge is 0.367 e. The fraction of sp³-hybridized carbons (Fsp3) is 0.480. The zero-order chi connectivity index (χ0) is 21.8. The van der Waals surface area contributed by atoms with Crippen LogP contribution in [-0.2, 0) is 6.42 Å². The van der Waals surface area contributed by atoms with Gasteiger partial charge < -0.3 is 10.6 Å². The van der Waals surface area contributed by atoms with Crippen LogP contribution in [0.1, 0.15) is 80.4 Å². The third-order valence-electron chi connectivity index (χ3n) is 6.53. The van der Waals surface area contributed by atoms with Crippen LogP contribution in [0.4, 0.5) is 5.82 Å². The molecule has 2 N–H and O–H groups in total. The van der Waals surface area contributed by atoms with E-state index in [2.05, 4.69) is 42.6 Å². The van der Waals surface area contributed by atoms with Crippen molar-refractivity contribution in [1.29, 1.82) is 0 Å². The molecule has 0 radical (unpaired) electrons. The Balaban J connectivity index is 1.42. The summed E-state index contributed by atoms with van der Waals surface area (Å²) in [5.41, 5.74) is 3.98. The van der Waals surface area contributed by atoms with E-state index in [9.17, 15) is 4.79 Å². The number of benzene rings is 1. The molecule has 6 heteroatoms. The van der Waals surface area contributed by atoms with Gasteiger partial charge in [0.15, 0.2) is 5.65 Å². The van der Waals surface area contributed by atoms with Gasteiger partial charge in [0.05, 0.1) is 6.20 Å². The van der Waals surface area contributed by atoms with Crippen molar-refractivity contribution in [1.82, 2.24) is 19.9 Å². The highest BCUT2D eigenvalue weighted by Gasteiger charge is 2.27. The third kappa shape index (κ3) is 4.73. The summed E-state index contributed by atoms with van der Waals surface area (Å²) >= 11 is 0. The van der Waals surface area contributed by atoms with Gasteiger partial charge in [-0.05, 0) is 56.2 Å². The molecular formula is C25H33N5O. The molecule has 1 aromatic carbocycles. The molecule has 0 spiro atoms. The van der Waals surface area contributed by atoms with Crippen LogP contribution in [-0.4, -0.2) is 32.6 Å². The molecule has 1 aliphatic rings. The number of hydrogen-bond donors (Lipinski definition) is 2. The van der Waals surface area contributed by atoms with Crippen molar-refractivity contribution in [2.45, 2.75) is 77.3 Å². The smallest absolute Gasteiger partial charge is 0.251 e. The van der Waals surface area contributed by atoms with Gasteiger partial charge in [-0.2, -0.15) is 9.61 Å². The van der Waals surface area contributed by atoms with Crippen LogP contribution in [0, 0.1) is 0 Å². The first-order chi connectivity index (χ1) is 15.1. The quantitative estimate of drug-likeness (QED) is 0.541. The average molecular weight is 420 g/mol. The molecule has 31 heavy (non-hydrogen) atoms. The Bertz CT molecular complexity index is 1020. The monoisotopic (exact) mass is 419 g/mol. The van der Waals surface area contributed by atoms with Crippen LogP contribution in [0.5, 0.6) is 0 Å². The lowest BCUT2D eigenvalue weighted by Crippen LogP contribution is -2.34. The molecule has 0 aliphatic heterocycles. The van der Waals surface area contributed by atoms with Crippen molar-refractivity contribution >= 4 is 17.4 Å². The summed E-state index contributed by atoms with van der Waals surface area (Å²) in [5, 5.41) is 11.4. The zero-order valence-corrected chi connectivity index (χ0v) is 18.8. The van der Waals surface area contributed by atoms with Crippen molar-refractivity contribution in [2.75, 3.05) is 5.32 Å². The molecule has 2 atom stereocenters. The fourth-order valence-corrected chi connectivity index (χ4v) is 4.56.